The number of piperidine rings is 1. The third-order valence-corrected chi connectivity index (χ3v) is 3.18. The van der Waals surface area contributed by atoms with Crippen LogP contribution in [0.1, 0.15) is 34.7 Å². The van der Waals surface area contributed by atoms with Gasteiger partial charge in [0.25, 0.3) is 0 Å². The monoisotopic (exact) mass is 251 g/mol. The van der Waals surface area contributed by atoms with E-state index in [1.807, 2.05) is 12.3 Å². The molecule has 0 unspecified atom stereocenters. The van der Waals surface area contributed by atoms with Crippen LogP contribution in [-0.4, -0.2) is 29.7 Å². The number of hydrazine groups is 1. The standard InChI is InChI=1S/C12H17N3O3/c1-8-9(6-11(18-8)12(17)14-13)7-15-4-2-10(16)3-5-15/h6H,2-5,7,13H2,1H3,(H,14,17). The Hall–Kier alpha value is -1.66. The summed E-state index contributed by atoms with van der Waals surface area (Å²) in [6, 6.07) is 1.70. The highest BCUT2D eigenvalue weighted by molar-refractivity contribution is 5.91. The number of hydrogen-bond donors (Lipinski definition) is 2. The smallest absolute Gasteiger partial charge is 0.300 e. The van der Waals surface area contributed by atoms with E-state index in [2.05, 4.69) is 4.90 Å². The lowest BCUT2D eigenvalue weighted by molar-refractivity contribution is -0.121. The van der Waals surface area contributed by atoms with Crippen molar-refractivity contribution in [1.82, 2.24) is 10.3 Å². The molecule has 1 fully saturated rings. The predicted octanol–water partition coefficient (Wildman–Crippen LogP) is 0.356. The van der Waals surface area contributed by atoms with Gasteiger partial charge in [-0.3, -0.25) is 19.9 Å². The molecule has 98 valence electrons. The third-order valence-electron chi connectivity index (χ3n) is 3.18. The lowest BCUT2D eigenvalue weighted by Gasteiger charge is -2.25. The molecule has 18 heavy (non-hydrogen) atoms. The number of furan rings is 1. The molecule has 6 heteroatoms. The van der Waals surface area contributed by atoms with Crippen molar-refractivity contribution in [3.05, 3.63) is 23.2 Å². The lowest BCUT2D eigenvalue weighted by Crippen LogP contribution is -2.33. The number of nitrogens with zero attached hydrogens (tertiary/aromatic N) is 1. The third kappa shape index (κ3) is 2.77. The van der Waals surface area contributed by atoms with Gasteiger partial charge < -0.3 is 4.42 Å². The first-order valence-corrected chi connectivity index (χ1v) is 5.94. The van der Waals surface area contributed by atoms with E-state index in [0.29, 0.717) is 30.9 Å². The first-order valence-electron chi connectivity index (χ1n) is 5.94. The molecule has 2 rings (SSSR count). The van der Waals surface area contributed by atoms with Crippen LogP contribution >= 0.6 is 0 Å². The molecule has 1 aliphatic rings. The number of aryl methyl sites for hydroxylation is 1. The summed E-state index contributed by atoms with van der Waals surface area (Å²) < 4.78 is 5.34. The molecule has 1 amide bonds. The van der Waals surface area contributed by atoms with Crippen LogP contribution in [-0.2, 0) is 11.3 Å². The second kappa shape index (κ2) is 5.32. The molecule has 1 aromatic rings. The largest absolute Gasteiger partial charge is 0.456 e. The van der Waals surface area contributed by atoms with Crippen LogP contribution in [0.2, 0.25) is 0 Å². The van der Waals surface area contributed by atoms with E-state index < -0.39 is 5.91 Å². The zero-order valence-electron chi connectivity index (χ0n) is 10.4. The SMILES string of the molecule is Cc1oc(C(=O)NN)cc1CN1CCC(=O)CC1. The molecule has 1 aromatic heterocycles. The number of carbonyl (C=O) groups is 2. The molecule has 0 aromatic carbocycles. The summed E-state index contributed by atoms with van der Waals surface area (Å²) >= 11 is 0. The van der Waals surface area contributed by atoms with Gasteiger partial charge in [-0.05, 0) is 13.0 Å². The summed E-state index contributed by atoms with van der Waals surface area (Å²) in [4.78, 5) is 24.7. The Labute approximate surface area is 105 Å². The molecule has 0 atom stereocenters. The Morgan fingerprint density at radius 3 is 2.78 bits per heavy atom. The predicted molar refractivity (Wildman–Crippen MR) is 64.6 cm³/mol. The van der Waals surface area contributed by atoms with Gasteiger partial charge in [-0.1, -0.05) is 0 Å². The number of Topliss-reactive ketones (excluding diaryl/α,β-unsaturated/α-hetero) is 1. The minimum absolute atomic E-state index is 0.220. The molecular formula is C12H17N3O3. The van der Waals surface area contributed by atoms with Crippen molar-refractivity contribution in [2.24, 2.45) is 5.84 Å². The van der Waals surface area contributed by atoms with E-state index >= 15 is 0 Å². The fourth-order valence-electron chi connectivity index (χ4n) is 2.06. The quantitative estimate of drug-likeness (QED) is 0.460. The Kier molecular flexibility index (Phi) is 3.78. The van der Waals surface area contributed by atoms with Crippen molar-refractivity contribution in [1.29, 1.82) is 0 Å². The second-order valence-corrected chi connectivity index (χ2v) is 4.48. The molecule has 0 saturated carbocycles. The number of rotatable bonds is 3. The van der Waals surface area contributed by atoms with Crippen molar-refractivity contribution in [2.75, 3.05) is 13.1 Å². The number of nitrogens with one attached hydrogen (secondary N) is 1. The molecule has 1 aliphatic heterocycles. The van der Waals surface area contributed by atoms with Crippen LogP contribution in [0, 0.1) is 6.92 Å². The maximum atomic E-state index is 11.3. The van der Waals surface area contributed by atoms with E-state index in [0.717, 1.165) is 18.7 Å². The normalized spacial score (nSPS) is 16.9. The zero-order valence-corrected chi connectivity index (χ0v) is 10.4. The number of nitrogens with two attached hydrogens (primary N) is 1. The first-order chi connectivity index (χ1) is 8.60. The van der Waals surface area contributed by atoms with E-state index in [4.69, 9.17) is 10.3 Å². The van der Waals surface area contributed by atoms with E-state index in [1.165, 1.54) is 0 Å². The highest BCUT2D eigenvalue weighted by Gasteiger charge is 2.19. The molecule has 0 aliphatic carbocycles. The Morgan fingerprint density at radius 2 is 2.17 bits per heavy atom. The number of likely N-dealkylation sites (tertiary alicyclic amines) is 1. The molecule has 2 heterocycles. The van der Waals surface area contributed by atoms with Gasteiger partial charge in [0.1, 0.15) is 11.5 Å². The van der Waals surface area contributed by atoms with Gasteiger partial charge in [-0.25, -0.2) is 5.84 Å². The fourth-order valence-corrected chi connectivity index (χ4v) is 2.06. The Bertz CT molecular complexity index is 457. The topological polar surface area (TPSA) is 88.6 Å². The zero-order chi connectivity index (χ0) is 13.1. The molecule has 1 saturated heterocycles. The van der Waals surface area contributed by atoms with E-state index in [-0.39, 0.29) is 5.76 Å². The average Bonchev–Trinajstić information content (AvgIpc) is 2.73. The summed E-state index contributed by atoms with van der Waals surface area (Å²) in [5.74, 6) is 5.88. The minimum Gasteiger partial charge on any atom is -0.456 e. The number of hydrogen-bond acceptors (Lipinski definition) is 5. The van der Waals surface area contributed by atoms with Crippen molar-refractivity contribution in [3.8, 4) is 0 Å². The number of ketones is 1. The van der Waals surface area contributed by atoms with E-state index in [9.17, 15) is 9.59 Å². The molecular weight excluding hydrogens is 234 g/mol. The second-order valence-electron chi connectivity index (χ2n) is 4.48. The van der Waals surface area contributed by atoms with Gasteiger partial charge >= 0.3 is 5.91 Å². The summed E-state index contributed by atoms with van der Waals surface area (Å²) in [6.07, 6.45) is 1.21. The van der Waals surface area contributed by atoms with Crippen molar-refractivity contribution < 1.29 is 14.0 Å². The van der Waals surface area contributed by atoms with Crippen LogP contribution in [0.4, 0.5) is 0 Å². The molecule has 3 N–H and O–H groups in total. The Balaban J connectivity index is 2.03. The van der Waals surface area contributed by atoms with Crippen LogP contribution < -0.4 is 11.3 Å². The van der Waals surface area contributed by atoms with Crippen LogP contribution in [0.15, 0.2) is 10.5 Å². The van der Waals surface area contributed by atoms with Gasteiger partial charge in [0, 0.05) is 38.0 Å². The van der Waals surface area contributed by atoms with Gasteiger partial charge in [0.2, 0.25) is 0 Å². The van der Waals surface area contributed by atoms with Gasteiger partial charge in [-0.15, -0.1) is 0 Å². The summed E-state index contributed by atoms with van der Waals surface area (Å²) in [6.45, 7) is 4.04. The van der Waals surface area contributed by atoms with Crippen LogP contribution in [0.3, 0.4) is 0 Å². The summed E-state index contributed by atoms with van der Waals surface area (Å²) in [5.41, 5.74) is 3.00. The van der Waals surface area contributed by atoms with E-state index in [1.54, 1.807) is 6.07 Å². The van der Waals surface area contributed by atoms with Gasteiger partial charge in [-0.2, -0.15) is 0 Å². The summed E-state index contributed by atoms with van der Waals surface area (Å²) in [5, 5.41) is 0. The highest BCUT2D eigenvalue weighted by atomic mass is 16.4. The van der Waals surface area contributed by atoms with Crippen LogP contribution in [0.25, 0.3) is 0 Å². The number of carbonyl (C=O) groups excluding carboxylic acids is 2. The number of nitrogen functional groups attached to an aromatic ring is 1. The maximum absolute atomic E-state index is 11.3. The number of amides is 1. The average molecular weight is 251 g/mol. The van der Waals surface area contributed by atoms with Crippen molar-refractivity contribution >= 4 is 11.7 Å². The lowest BCUT2D eigenvalue weighted by atomic mass is 10.1. The van der Waals surface area contributed by atoms with Gasteiger partial charge in [0.05, 0.1) is 0 Å². The van der Waals surface area contributed by atoms with Crippen molar-refractivity contribution in [2.45, 2.75) is 26.3 Å². The minimum atomic E-state index is -0.432. The highest BCUT2D eigenvalue weighted by Crippen LogP contribution is 2.18. The molecule has 0 radical (unpaired) electrons. The summed E-state index contributed by atoms with van der Waals surface area (Å²) in [7, 11) is 0. The van der Waals surface area contributed by atoms with Crippen LogP contribution in [0.5, 0.6) is 0 Å². The fraction of sp³-hybridized carbons (Fsp3) is 0.500. The molecule has 0 bridgehead atoms. The van der Waals surface area contributed by atoms with Crippen molar-refractivity contribution in [3.63, 3.8) is 0 Å². The maximum Gasteiger partial charge on any atom is 0.300 e. The van der Waals surface area contributed by atoms with Gasteiger partial charge in [0.15, 0.2) is 5.76 Å². The molecule has 6 nitrogen and oxygen atoms in total. The Morgan fingerprint density at radius 1 is 1.50 bits per heavy atom. The molecule has 0 spiro atoms. The first kappa shape index (κ1) is 12.8.